The Labute approximate surface area is 132 Å². The van der Waals surface area contributed by atoms with Crippen LogP contribution in [0.25, 0.3) is 0 Å². The van der Waals surface area contributed by atoms with E-state index in [1.165, 1.54) is 5.69 Å². The summed E-state index contributed by atoms with van der Waals surface area (Å²) in [6, 6.07) is 10.4. The van der Waals surface area contributed by atoms with Crippen molar-refractivity contribution in [2.45, 2.75) is 44.8 Å². The van der Waals surface area contributed by atoms with Crippen molar-refractivity contribution in [3.8, 4) is 0 Å². The molecule has 5 nitrogen and oxygen atoms in total. The summed E-state index contributed by atoms with van der Waals surface area (Å²) in [4.78, 5) is 14.2. The third kappa shape index (κ3) is 5.22. The Kier molecular flexibility index (Phi) is 6.52. The molecule has 2 rings (SSSR count). The monoisotopic (exact) mass is 305 g/mol. The average Bonchev–Trinajstić information content (AvgIpc) is 2.55. The molecule has 1 fully saturated rings. The summed E-state index contributed by atoms with van der Waals surface area (Å²) in [6.07, 6.45) is 3.08. The van der Waals surface area contributed by atoms with Crippen LogP contribution >= 0.6 is 0 Å². The van der Waals surface area contributed by atoms with Gasteiger partial charge in [-0.1, -0.05) is 31.5 Å². The molecular formula is C17H27N3O2. The number of aliphatic hydroxyl groups excluding tert-OH is 1. The van der Waals surface area contributed by atoms with Gasteiger partial charge in [0.2, 0.25) is 0 Å². The molecule has 1 aliphatic heterocycles. The number of aliphatic hydroxyl groups is 1. The molecule has 1 atom stereocenters. The van der Waals surface area contributed by atoms with E-state index < -0.39 is 6.10 Å². The molecule has 3 N–H and O–H groups in total. The van der Waals surface area contributed by atoms with Gasteiger partial charge in [0.05, 0.1) is 6.10 Å². The average molecular weight is 305 g/mol. The fourth-order valence-electron chi connectivity index (χ4n) is 2.80. The van der Waals surface area contributed by atoms with E-state index in [0.29, 0.717) is 6.54 Å². The van der Waals surface area contributed by atoms with Gasteiger partial charge in [-0.2, -0.15) is 0 Å². The largest absolute Gasteiger partial charge is 0.391 e. The van der Waals surface area contributed by atoms with Gasteiger partial charge >= 0.3 is 6.03 Å². The summed E-state index contributed by atoms with van der Waals surface area (Å²) in [5, 5.41) is 15.4. The molecule has 0 saturated carbocycles. The molecule has 0 radical (unpaired) electrons. The Morgan fingerprint density at radius 1 is 1.32 bits per heavy atom. The van der Waals surface area contributed by atoms with Gasteiger partial charge in [0, 0.05) is 31.4 Å². The number of carbonyl (C=O) groups excluding carboxylic acids is 1. The van der Waals surface area contributed by atoms with Crippen molar-refractivity contribution < 1.29 is 9.90 Å². The van der Waals surface area contributed by atoms with Gasteiger partial charge in [0.25, 0.3) is 0 Å². The van der Waals surface area contributed by atoms with E-state index in [1.807, 2.05) is 13.0 Å². The number of nitrogens with one attached hydrogen (secondary N) is 2. The fourth-order valence-corrected chi connectivity index (χ4v) is 2.80. The molecule has 1 aromatic carbocycles. The van der Waals surface area contributed by atoms with Crippen molar-refractivity contribution in [3.05, 3.63) is 30.3 Å². The number of amides is 2. The molecule has 122 valence electrons. The molecule has 5 heteroatoms. The maximum Gasteiger partial charge on any atom is 0.315 e. The Morgan fingerprint density at radius 3 is 2.64 bits per heavy atom. The van der Waals surface area contributed by atoms with Gasteiger partial charge in [-0.15, -0.1) is 0 Å². The standard InChI is InChI=1S/C17H27N3O2/c1-2-6-16(21)13-18-17(22)19-14-9-11-20(12-10-14)15-7-4-3-5-8-15/h3-5,7-8,14,16,21H,2,6,9-13H2,1H3,(H2,18,19,22). The third-order valence-electron chi connectivity index (χ3n) is 4.07. The van der Waals surface area contributed by atoms with E-state index in [0.717, 1.165) is 38.8 Å². The second-order valence-corrected chi connectivity index (χ2v) is 5.89. The van der Waals surface area contributed by atoms with Crippen molar-refractivity contribution in [2.24, 2.45) is 0 Å². The first kappa shape index (κ1) is 16.6. The van der Waals surface area contributed by atoms with Gasteiger partial charge in [0.15, 0.2) is 0 Å². The molecule has 1 saturated heterocycles. The van der Waals surface area contributed by atoms with Crippen LogP contribution in [-0.2, 0) is 0 Å². The van der Waals surface area contributed by atoms with Crippen LogP contribution in [0.3, 0.4) is 0 Å². The Bertz CT molecular complexity index is 444. The lowest BCUT2D eigenvalue weighted by atomic mass is 10.0. The van der Waals surface area contributed by atoms with Gasteiger partial charge in [-0.25, -0.2) is 4.79 Å². The minimum absolute atomic E-state index is 0.173. The number of piperidine rings is 1. The number of benzene rings is 1. The van der Waals surface area contributed by atoms with Crippen molar-refractivity contribution in [2.75, 3.05) is 24.5 Å². The van der Waals surface area contributed by atoms with E-state index in [4.69, 9.17) is 0 Å². The minimum atomic E-state index is -0.448. The Balaban J connectivity index is 1.68. The maximum atomic E-state index is 11.8. The van der Waals surface area contributed by atoms with Crippen LogP contribution in [0.5, 0.6) is 0 Å². The highest BCUT2D eigenvalue weighted by Gasteiger charge is 2.20. The van der Waals surface area contributed by atoms with Crippen molar-refractivity contribution in [1.82, 2.24) is 10.6 Å². The lowest BCUT2D eigenvalue weighted by molar-refractivity contribution is 0.159. The van der Waals surface area contributed by atoms with E-state index in [2.05, 4.69) is 39.8 Å². The smallest absolute Gasteiger partial charge is 0.315 e. The highest BCUT2D eigenvalue weighted by Crippen LogP contribution is 2.19. The first-order valence-electron chi connectivity index (χ1n) is 8.21. The number of hydrogen-bond acceptors (Lipinski definition) is 3. The van der Waals surface area contributed by atoms with E-state index in [9.17, 15) is 9.90 Å². The molecule has 0 spiro atoms. The molecule has 2 amide bonds. The molecule has 1 aliphatic rings. The number of anilines is 1. The van der Waals surface area contributed by atoms with Crippen LogP contribution in [-0.4, -0.2) is 42.9 Å². The molecule has 0 bridgehead atoms. The minimum Gasteiger partial charge on any atom is -0.391 e. The second kappa shape index (κ2) is 8.63. The highest BCUT2D eigenvalue weighted by molar-refractivity contribution is 5.74. The van der Waals surface area contributed by atoms with Gasteiger partial charge in [-0.3, -0.25) is 0 Å². The maximum absolute atomic E-state index is 11.8. The zero-order chi connectivity index (χ0) is 15.8. The summed E-state index contributed by atoms with van der Waals surface area (Å²) >= 11 is 0. The normalized spacial score (nSPS) is 17.1. The SMILES string of the molecule is CCCC(O)CNC(=O)NC1CCN(c2ccccc2)CC1. The van der Waals surface area contributed by atoms with Gasteiger partial charge in [-0.05, 0) is 31.4 Å². The van der Waals surface area contributed by atoms with Crippen LogP contribution in [0.2, 0.25) is 0 Å². The molecule has 0 aromatic heterocycles. The van der Waals surface area contributed by atoms with E-state index in [-0.39, 0.29) is 12.1 Å². The van der Waals surface area contributed by atoms with Crippen LogP contribution < -0.4 is 15.5 Å². The van der Waals surface area contributed by atoms with E-state index in [1.54, 1.807) is 0 Å². The second-order valence-electron chi connectivity index (χ2n) is 5.89. The van der Waals surface area contributed by atoms with Crippen LogP contribution in [0.15, 0.2) is 30.3 Å². The lowest BCUT2D eigenvalue weighted by Gasteiger charge is -2.34. The molecule has 1 unspecified atom stereocenters. The molecule has 22 heavy (non-hydrogen) atoms. The van der Waals surface area contributed by atoms with Crippen molar-refractivity contribution in [3.63, 3.8) is 0 Å². The topological polar surface area (TPSA) is 64.6 Å². The molecule has 1 heterocycles. The number of hydrogen-bond donors (Lipinski definition) is 3. The van der Waals surface area contributed by atoms with E-state index >= 15 is 0 Å². The predicted molar refractivity (Wildman–Crippen MR) is 89.1 cm³/mol. The summed E-state index contributed by atoms with van der Waals surface area (Å²) in [5.74, 6) is 0. The molecule has 0 aliphatic carbocycles. The first-order valence-corrected chi connectivity index (χ1v) is 8.21. The van der Waals surface area contributed by atoms with Gasteiger partial charge in [0.1, 0.15) is 0 Å². The molecular weight excluding hydrogens is 278 g/mol. The third-order valence-corrected chi connectivity index (χ3v) is 4.07. The lowest BCUT2D eigenvalue weighted by Crippen LogP contribution is -2.49. The zero-order valence-corrected chi connectivity index (χ0v) is 13.3. The van der Waals surface area contributed by atoms with Crippen molar-refractivity contribution in [1.29, 1.82) is 0 Å². The zero-order valence-electron chi connectivity index (χ0n) is 13.3. The van der Waals surface area contributed by atoms with Crippen LogP contribution in [0, 0.1) is 0 Å². The van der Waals surface area contributed by atoms with Crippen LogP contribution in [0.4, 0.5) is 10.5 Å². The highest BCUT2D eigenvalue weighted by atomic mass is 16.3. The van der Waals surface area contributed by atoms with Crippen molar-refractivity contribution >= 4 is 11.7 Å². The summed E-state index contributed by atoms with van der Waals surface area (Å²) < 4.78 is 0. The van der Waals surface area contributed by atoms with Gasteiger partial charge < -0.3 is 20.6 Å². The summed E-state index contributed by atoms with van der Waals surface area (Å²) in [5.41, 5.74) is 1.24. The predicted octanol–water partition coefficient (Wildman–Crippen LogP) is 2.12. The molecule has 1 aromatic rings. The quantitative estimate of drug-likeness (QED) is 0.754. The Hall–Kier alpha value is -1.75. The summed E-state index contributed by atoms with van der Waals surface area (Å²) in [7, 11) is 0. The van der Waals surface area contributed by atoms with Crippen LogP contribution in [0.1, 0.15) is 32.6 Å². The number of carbonyl (C=O) groups is 1. The Morgan fingerprint density at radius 2 is 2.00 bits per heavy atom. The number of nitrogens with zero attached hydrogens (tertiary/aromatic N) is 1. The number of para-hydroxylation sites is 1. The fraction of sp³-hybridized carbons (Fsp3) is 0.588. The first-order chi connectivity index (χ1) is 10.7. The summed E-state index contributed by atoms with van der Waals surface area (Å²) in [6.45, 7) is 4.24. The number of rotatable bonds is 6. The number of urea groups is 1.